The SMILES string of the molecule is CCCCCC1CCC(CCc2ccc(C3C=CC(COc4ccc(OCC)c(F)c4F)CC3)c(F)c2F)CC1. The molecule has 1 fully saturated rings. The molecule has 0 radical (unpaired) electrons. The second-order valence-electron chi connectivity index (χ2n) is 11.6. The van der Waals surface area contributed by atoms with Crippen LogP contribution in [0.25, 0.3) is 0 Å². The number of ether oxygens (including phenoxy) is 2. The molecule has 0 aliphatic heterocycles. The first-order chi connectivity index (χ1) is 19.4. The topological polar surface area (TPSA) is 18.5 Å². The van der Waals surface area contributed by atoms with Gasteiger partial charge in [-0.1, -0.05) is 82.6 Å². The third-order valence-corrected chi connectivity index (χ3v) is 8.82. The second kappa shape index (κ2) is 14.9. The van der Waals surface area contributed by atoms with Gasteiger partial charge in [0.2, 0.25) is 11.6 Å². The predicted octanol–water partition coefficient (Wildman–Crippen LogP) is 10.1. The highest BCUT2D eigenvalue weighted by Gasteiger charge is 2.25. The fourth-order valence-electron chi connectivity index (χ4n) is 6.30. The van der Waals surface area contributed by atoms with Crippen molar-refractivity contribution in [1.82, 2.24) is 0 Å². The van der Waals surface area contributed by atoms with E-state index in [0.717, 1.165) is 12.3 Å². The molecule has 2 aromatic rings. The summed E-state index contributed by atoms with van der Waals surface area (Å²) in [6.07, 6.45) is 16.8. The van der Waals surface area contributed by atoms with E-state index in [1.807, 2.05) is 12.2 Å². The Kier molecular flexibility index (Phi) is 11.4. The van der Waals surface area contributed by atoms with Gasteiger partial charge in [0, 0.05) is 11.8 Å². The molecule has 0 aromatic heterocycles. The first-order valence-electron chi connectivity index (χ1n) is 15.3. The predicted molar refractivity (Wildman–Crippen MR) is 152 cm³/mol. The quantitative estimate of drug-likeness (QED) is 0.138. The number of rotatable bonds is 13. The maximum absolute atomic E-state index is 15.1. The molecular formula is C34H44F4O2. The van der Waals surface area contributed by atoms with Crippen molar-refractivity contribution in [2.75, 3.05) is 13.2 Å². The Hall–Kier alpha value is -2.50. The first kappa shape index (κ1) is 30.5. The van der Waals surface area contributed by atoms with E-state index in [0.29, 0.717) is 36.3 Å². The maximum Gasteiger partial charge on any atom is 0.204 e. The number of allylic oxidation sites excluding steroid dienone is 1. The van der Waals surface area contributed by atoms with Crippen LogP contribution >= 0.6 is 0 Å². The van der Waals surface area contributed by atoms with Crippen LogP contribution in [-0.2, 0) is 6.42 Å². The van der Waals surface area contributed by atoms with Gasteiger partial charge in [0.05, 0.1) is 13.2 Å². The highest BCUT2D eigenvalue weighted by Crippen LogP contribution is 2.37. The lowest BCUT2D eigenvalue weighted by molar-refractivity contribution is 0.243. The van der Waals surface area contributed by atoms with Gasteiger partial charge >= 0.3 is 0 Å². The van der Waals surface area contributed by atoms with Crippen LogP contribution in [-0.4, -0.2) is 13.2 Å². The molecule has 0 spiro atoms. The lowest BCUT2D eigenvalue weighted by atomic mass is 9.77. The van der Waals surface area contributed by atoms with E-state index in [9.17, 15) is 8.78 Å². The van der Waals surface area contributed by atoms with Gasteiger partial charge < -0.3 is 9.47 Å². The molecule has 4 rings (SSSR count). The molecule has 0 saturated heterocycles. The summed E-state index contributed by atoms with van der Waals surface area (Å²) in [5, 5.41) is 0. The van der Waals surface area contributed by atoms with Crippen LogP contribution in [0.3, 0.4) is 0 Å². The summed E-state index contributed by atoms with van der Waals surface area (Å²) in [5.74, 6) is -2.69. The molecule has 2 unspecified atom stereocenters. The van der Waals surface area contributed by atoms with Gasteiger partial charge in [-0.3, -0.25) is 0 Å². The van der Waals surface area contributed by atoms with Crippen molar-refractivity contribution in [2.24, 2.45) is 17.8 Å². The number of hydrogen-bond donors (Lipinski definition) is 0. The van der Waals surface area contributed by atoms with Crippen LogP contribution in [0, 0.1) is 41.0 Å². The zero-order valence-corrected chi connectivity index (χ0v) is 24.0. The molecule has 0 bridgehead atoms. The van der Waals surface area contributed by atoms with Crippen molar-refractivity contribution in [2.45, 2.75) is 96.8 Å². The molecule has 2 nitrogen and oxygen atoms in total. The summed E-state index contributed by atoms with van der Waals surface area (Å²) in [4.78, 5) is 0. The van der Waals surface area contributed by atoms with E-state index < -0.39 is 23.3 Å². The summed E-state index contributed by atoms with van der Waals surface area (Å²) < 4.78 is 69.2. The Labute approximate surface area is 237 Å². The zero-order valence-electron chi connectivity index (χ0n) is 24.0. The summed E-state index contributed by atoms with van der Waals surface area (Å²) in [7, 11) is 0. The fraction of sp³-hybridized carbons (Fsp3) is 0.588. The largest absolute Gasteiger partial charge is 0.491 e. The third kappa shape index (κ3) is 7.82. The van der Waals surface area contributed by atoms with Crippen LogP contribution in [0.2, 0.25) is 0 Å². The van der Waals surface area contributed by atoms with Gasteiger partial charge in [-0.05, 0) is 67.7 Å². The van der Waals surface area contributed by atoms with Crippen molar-refractivity contribution in [3.05, 3.63) is 70.8 Å². The molecule has 2 aliphatic carbocycles. The lowest BCUT2D eigenvalue weighted by Gasteiger charge is -2.28. The maximum atomic E-state index is 15.1. The molecule has 0 heterocycles. The number of halogens is 4. The molecule has 0 N–H and O–H groups in total. The third-order valence-electron chi connectivity index (χ3n) is 8.82. The Balaban J connectivity index is 1.26. The Morgan fingerprint density at radius 3 is 1.98 bits per heavy atom. The number of aryl methyl sites for hydroxylation is 1. The van der Waals surface area contributed by atoms with E-state index in [1.54, 1.807) is 19.1 Å². The number of hydrogen-bond acceptors (Lipinski definition) is 2. The smallest absolute Gasteiger partial charge is 0.204 e. The molecule has 2 atom stereocenters. The summed E-state index contributed by atoms with van der Waals surface area (Å²) in [5.41, 5.74) is 0.853. The molecule has 0 amide bonds. The van der Waals surface area contributed by atoms with Crippen molar-refractivity contribution >= 4 is 0 Å². The van der Waals surface area contributed by atoms with Crippen LogP contribution < -0.4 is 9.47 Å². The lowest BCUT2D eigenvalue weighted by Crippen LogP contribution is -2.17. The minimum absolute atomic E-state index is 0.0285. The van der Waals surface area contributed by atoms with Gasteiger partial charge in [0.15, 0.2) is 23.1 Å². The van der Waals surface area contributed by atoms with Crippen LogP contribution in [0.15, 0.2) is 36.4 Å². The summed E-state index contributed by atoms with van der Waals surface area (Å²) in [6.45, 7) is 4.34. The molecule has 2 aromatic carbocycles. The second-order valence-corrected chi connectivity index (χ2v) is 11.6. The Morgan fingerprint density at radius 2 is 1.35 bits per heavy atom. The van der Waals surface area contributed by atoms with Gasteiger partial charge in [-0.2, -0.15) is 8.78 Å². The monoisotopic (exact) mass is 560 g/mol. The van der Waals surface area contributed by atoms with E-state index in [2.05, 4.69) is 6.92 Å². The van der Waals surface area contributed by atoms with Crippen molar-refractivity contribution < 1.29 is 27.0 Å². The molecule has 2 aliphatic rings. The minimum atomic E-state index is -1.07. The van der Waals surface area contributed by atoms with E-state index in [-0.39, 0.29) is 36.5 Å². The van der Waals surface area contributed by atoms with Crippen molar-refractivity contribution in [3.8, 4) is 11.5 Å². The Bertz CT molecular complexity index is 1120. The number of unbranched alkanes of at least 4 members (excludes halogenated alkanes) is 2. The van der Waals surface area contributed by atoms with Crippen LogP contribution in [0.5, 0.6) is 11.5 Å². The van der Waals surface area contributed by atoms with Crippen LogP contribution in [0.1, 0.15) is 102 Å². The van der Waals surface area contributed by atoms with E-state index in [4.69, 9.17) is 9.47 Å². The van der Waals surface area contributed by atoms with Crippen molar-refractivity contribution in [1.29, 1.82) is 0 Å². The minimum Gasteiger partial charge on any atom is -0.491 e. The average Bonchev–Trinajstić information content (AvgIpc) is 2.97. The molecular weight excluding hydrogens is 516 g/mol. The van der Waals surface area contributed by atoms with Crippen LogP contribution in [0.4, 0.5) is 17.6 Å². The average molecular weight is 561 g/mol. The zero-order chi connectivity index (χ0) is 28.5. The number of benzene rings is 2. The highest BCUT2D eigenvalue weighted by molar-refractivity contribution is 5.35. The molecule has 40 heavy (non-hydrogen) atoms. The standard InChI is InChI=1S/C34H44F4O2/c1-3-5-6-7-23-8-10-24(11-9-23)12-17-27-18-19-28(32(36)31(27)35)26-15-13-25(14-16-26)22-40-30-21-20-29(39-4-2)33(37)34(30)38/h13,15,18-21,23-26H,3-12,14,16-17,22H2,1-2H3. The summed E-state index contributed by atoms with van der Waals surface area (Å²) >= 11 is 0. The first-order valence-corrected chi connectivity index (χ1v) is 15.3. The van der Waals surface area contributed by atoms with E-state index in [1.165, 1.54) is 63.5 Å². The highest BCUT2D eigenvalue weighted by atomic mass is 19.2. The van der Waals surface area contributed by atoms with Gasteiger partial charge in [0.1, 0.15) is 0 Å². The van der Waals surface area contributed by atoms with Crippen molar-refractivity contribution in [3.63, 3.8) is 0 Å². The van der Waals surface area contributed by atoms with E-state index >= 15 is 8.78 Å². The van der Waals surface area contributed by atoms with Gasteiger partial charge in [0.25, 0.3) is 0 Å². The fourth-order valence-corrected chi connectivity index (χ4v) is 6.30. The molecule has 1 saturated carbocycles. The van der Waals surface area contributed by atoms with Gasteiger partial charge in [-0.15, -0.1) is 0 Å². The molecule has 6 heteroatoms. The normalized spacial score (nSPS) is 22.9. The molecule has 220 valence electrons. The Morgan fingerprint density at radius 1 is 0.675 bits per heavy atom. The summed E-state index contributed by atoms with van der Waals surface area (Å²) in [6, 6.07) is 6.21. The van der Waals surface area contributed by atoms with Gasteiger partial charge in [-0.25, -0.2) is 8.78 Å².